The molecule has 2 atom stereocenters. The Balaban J connectivity index is 1.54. The SMILES string of the molecule is CCCCCCCCCCCCC[C@@H](CC(N)=O)OC(=O)[C@H](CCCC(=O)OCc1ccccc1)NC(=O)c1ccc2ccccc2n1. The second-order valence-electron chi connectivity index (χ2n) is 12.5. The van der Waals surface area contributed by atoms with E-state index in [-0.39, 0.29) is 38.0 Å². The minimum absolute atomic E-state index is 0.0597. The molecule has 0 unspecified atom stereocenters. The summed E-state index contributed by atoms with van der Waals surface area (Å²) < 4.78 is 11.2. The monoisotopic (exact) mass is 659 g/mol. The highest BCUT2D eigenvalue weighted by molar-refractivity contribution is 5.97. The number of primary amides is 1. The number of unbranched alkanes of at least 4 members (excludes halogenated alkanes) is 10. The standard InChI is InChI=1S/C39H53N3O6/c1-2-3-4-5-6-7-8-9-10-11-15-22-32(28-36(40)43)48-39(46)35(24-18-25-37(44)47-29-30-19-13-12-14-20-30)42-38(45)34-27-26-31-21-16-17-23-33(31)41-34/h12-14,16-17,19-21,23,26-27,32,35H,2-11,15,18,22,24-25,28-29H2,1H3,(H2,40,43)(H,42,45)/t32-,35-/m0/s1. The van der Waals surface area contributed by atoms with Crippen LogP contribution in [0, 0.1) is 0 Å². The van der Waals surface area contributed by atoms with Crippen molar-refractivity contribution < 1.29 is 28.7 Å². The molecule has 9 heteroatoms. The van der Waals surface area contributed by atoms with Crippen molar-refractivity contribution in [2.75, 3.05) is 0 Å². The van der Waals surface area contributed by atoms with Gasteiger partial charge in [0.1, 0.15) is 24.4 Å². The van der Waals surface area contributed by atoms with Crippen LogP contribution in [0.15, 0.2) is 66.7 Å². The molecular formula is C39H53N3O6. The van der Waals surface area contributed by atoms with Gasteiger partial charge < -0.3 is 20.5 Å². The van der Waals surface area contributed by atoms with Gasteiger partial charge in [-0.15, -0.1) is 0 Å². The van der Waals surface area contributed by atoms with Gasteiger partial charge in [-0.05, 0) is 43.4 Å². The van der Waals surface area contributed by atoms with Crippen molar-refractivity contribution in [3.05, 3.63) is 78.0 Å². The van der Waals surface area contributed by atoms with E-state index in [0.717, 1.165) is 30.2 Å². The normalized spacial score (nSPS) is 12.3. The Morgan fingerprint density at radius 1 is 0.750 bits per heavy atom. The number of ether oxygens (including phenoxy) is 2. The molecule has 2 amide bonds. The van der Waals surface area contributed by atoms with Gasteiger partial charge in [0, 0.05) is 11.8 Å². The summed E-state index contributed by atoms with van der Waals surface area (Å²) in [7, 11) is 0. The number of pyridine rings is 1. The predicted molar refractivity (Wildman–Crippen MR) is 188 cm³/mol. The Labute approximate surface area is 285 Å². The fourth-order valence-corrected chi connectivity index (χ4v) is 5.64. The first-order valence-corrected chi connectivity index (χ1v) is 17.7. The van der Waals surface area contributed by atoms with Crippen LogP contribution in [-0.4, -0.2) is 40.9 Å². The van der Waals surface area contributed by atoms with Crippen LogP contribution in [0.2, 0.25) is 0 Å². The van der Waals surface area contributed by atoms with E-state index in [0.29, 0.717) is 11.9 Å². The Morgan fingerprint density at radius 3 is 2.08 bits per heavy atom. The highest BCUT2D eigenvalue weighted by Gasteiger charge is 2.27. The number of amides is 2. The first-order chi connectivity index (χ1) is 23.4. The van der Waals surface area contributed by atoms with Gasteiger partial charge in [-0.3, -0.25) is 14.4 Å². The highest BCUT2D eigenvalue weighted by Crippen LogP contribution is 2.17. The molecule has 3 rings (SSSR count). The maximum atomic E-state index is 13.5. The minimum atomic E-state index is -1.06. The summed E-state index contributed by atoms with van der Waals surface area (Å²) in [5.74, 6) is -2.17. The Morgan fingerprint density at radius 2 is 1.40 bits per heavy atom. The lowest BCUT2D eigenvalue weighted by molar-refractivity contribution is -0.153. The molecule has 0 radical (unpaired) electrons. The molecule has 0 fully saturated rings. The average molecular weight is 660 g/mol. The molecule has 0 spiro atoms. The number of nitrogens with two attached hydrogens (primary N) is 1. The van der Waals surface area contributed by atoms with E-state index in [1.54, 1.807) is 12.1 Å². The number of rotatable bonds is 24. The van der Waals surface area contributed by atoms with Crippen LogP contribution in [0.25, 0.3) is 10.9 Å². The lowest BCUT2D eigenvalue weighted by atomic mass is 10.0. The number of carbonyl (C=O) groups excluding carboxylic acids is 4. The molecule has 0 saturated carbocycles. The third-order valence-corrected chi connectivity index (χ3v) is 8.38. The maximum Gasteiger partial charge on any atom is 0.328 e. The fraction of sp³-hybridized carbons (Fsp3) is 0.513. The molecule has 260 valence electrons. The summed E-state index contributed by atoms with van der Waals surface area (Å²) in [6.07, 6.45) is 13.2. The Kier molecular flexibility index (Phi) is 17.8. The van der Waals surface area contributed by atoms with Crippen molar-refractivity contribution in [2.45, 2.75) is 128 Å². The average Bonchev–Trinajstić information content (AvgIpc) is 3.09. The maximum absolute atomic E-state index is 13.5. The largest absolute Gasteiger partial charge is 0.461 e. The molecule has 3 N–H and O–H groups in total. The molecule has 0 aliphatic rings. The number of benzene rings is 2. The van der Waals surface area contributed by atoms with Gasteiger partial charge in [-0.2, -0.15) is 0 Å². The summed E-state index contributed by atoms with van der Waals surface area (Å²) in [5, 5.41) is 3.64. The molecule has 0 bridgehead atoms. The summed E-state index contributed by atoms with van der Waals surface area (Å²) in [4.78, 5) is 55.5. The van der Waals surface area contributed by atoms with Crippen LogP contribution in [0.1, 0.15) is 126 Å². The second kappa shape index (κ2) is 22.3. The quantitative estimate of drug-likeness (QED) is 0.0741. The van der Waals surface area contributed by atoms with E-state index in [9.17, 15) is 19.2 Å². The van der Waals surface area contributed by atoms with Gasteiger partial charge in [-0.25, -0.2) is 9.78 Å². The molecular weight excluding hydrogens is 606 g/mol. The van der Waals surface area contributed by atoms with Crippen molar-refractivity contribution in [2.24, 2.45) is 5.73 Å². The number of nitrogens with zero attached hydrogens (tertiary/aromatic N) is 1. The van der Waals surface area contributed by atoms with Crippen LogP contribution in [-0.2, 0) is 30.5 Å². The molecule has 0 aliphatic heterocycles. The topological polar surface area (TPSA) is 138 Å². The van der Waals surface area contributed by atoms with Crippen LogP contribution in [0.4, 0.5) is 0 Å². The zero-order valence-corrected chi connectivity index (χ0v) is 28.5. The second-order valence-corrected chi connectivity index (χ2v) is 12.5. The van der Waals surface area contributed by atoms with Gasteiger partial charge in [0.25, 0.3) is 5.91 Å². The van der Waals surface area contributed by atoms with Crippen molar-refractivity contribution in [3.8, 4) is 0 Å². The zero-order valence-electron chi connectivity index (χ0n) is 28.5. The number of nitrogens with one attached hydrogen (secondary N) is 1. The van der Waals surface area contributed by atoms with Crippen LogP contribution < -0.4 is 11.1 Å². The Bertz CT molecular complexity index is 1410. The zero-order chi connectivity index (χ0) is 34.4. The minimum Gasteiger partial charge on any atom is -0.461 e. The van der Waals surface area contributed by atoms with E-state index in [1.165, 1.54) is 51.4 Å². The van der Waals surface area contributed by atoms with Crippen LogP contribution in [0.3, 0.4) is 0 Å². The van der Waals surface area contributed by atoms with Gasteiger partial charge in [0.05, 0.1) is 11.9 Å². The molecule has 0 aliphatic carbocycles. The van der Waals surface area contributed by atoms with Gasteiger partial charge in [-0.1, -0.05) is 126 Å². The molecule has 48 heavy (non-hydrogen) atoms. The van der Waals surface area contributed by atoms with E-state index in [4.69, 9.17) is 15.2 Å². The smallest absolute Gasteiger partial charge is 0.328 e. The number of esters is 2. The van der Waals surface area contributed by atoms with E-state index < -0.39 is 35.9 Å². The third-order valence-electron chi connectivity index (χ3n) is 8.38. The molecule has 9 nitrogen and oxygen atoms in total. The number of carbonyl (C=O) groups is 4. The summed E-state index contributed by atoms with van der Waals surface area (Å²) in [6.45, 7) is 2.38. The van der Waals surface area contributed by atoms with Gasteiger partial charge in [0.2, 0.25) is 5.91 Å². The number of hydrogen-bond acceptors (Lipinski definition) is 7. The summed E-state index contributed by atoms with van der Waals surface area (Å²) in [5.41, 5.74) is 7.18. The number of fused-ring (bicyclic) bond motifs is 1. The van der Waals surface area contributed by atoms with E-state index >= 15 is 0 Å². The van der Waals surface area contributed by atoms with E-state index in [2.05, 4.69) is 17.2 Å². The van der Waals surface area contributed by atoms with Crippen molar-refractivity contribution in [1.29, 1.82) is 0 Å². The highest BCUT2D eigenvalue weighted by atomic mass is 16.5. The number of hydrogen-bond donors (Lipinski definition) is 2. The summed E-state index contributed by atoms with van der Waals surface area (Å²) in [6, 6.07) is 19.1. The van der Waals surface area contributed by atoms with Crippen LogP contribution in [0.5, 0.6) is 0 Å². The van der Waals surface area contributed by atoms with Gasteiger partial charge in [0.15, 0.2) is 0 Å². The molecule has 1 aromatic heterocycles. The number of para-hydroxylation sites is 1. The predicted octanol–water partition coefficient (Wildman–Crippen LogP) is 7.74. The number of aromatic nitrogens is 1. The van der Waals surface area contributed by atoms with Gasteiger partial charge >= 0.3 is 11.9 Å². The van der Waals surface area contributed by atoms with Crippen molar-refractivity contribution >= 4 is 34.7 Å². The molecule has 1 heterocycles. The first kappa shape index (κ1) is 38.2. The first-order valence-electron chi connectivity index (χ1n) is 17.7. The van der Waals surface area contributed by atoms with Crippen molar-refractivity contribution in [3.63, 3.8) is 0 Å². The molecule has 0 saturated heterocycles. The fourth-order valence-electron chi connectivity index (χ4n) is 5.64. The van der Waals surface area contributed by atoms with Crippen molar-refractivity contribution in [1.82, 2.24) is 10.3 Å². The third kappa shape index (κ3) is 15.1. The van der Waals surface area contributed by atoms with Crippen LogP contribution >= 0.6 is 0 Å². The molecule has 2 aromatic carbocycles. The molecule has 3 aromatic rings. The summed E-state index contributed by atoms with van der Waals surface area (Å²) >= 11 is 0. The lowest BCUT2D eigenvalue weighted by Crippen LogP contribution is -2.43. The lowest BCUT2D eigenvalue weighted by Gasteiger charge is -2.22. The Hall–Kier alpha value is -4.27. The van der Waals surface area contributed by atoms with E-state index in [1.807, 2.05) is 54.6 Å².